The molecule has 0 aliphatic carbocycles. The quantitative estimate of drug-likeness (QED) is 0.855. The fourth-order valence-corrected chi connectivity index (χ4v) is 1.97. The summed E-state index contributed by atoms with van der Waals surface area (Å²) in [5, 5.41) is 11.4. The van der Waals surface area contributed by atoms with Crippen molar-refractivity contribution in [2.24, 2.45) is 0 Å². The number of nitrogens with zero attached hydrogens (tertiary/aromatic N) is 1. The van der Waals surface area contributed by atoms with Crippen molar-refractivity contribution in [2.45, 2.75) is 6.18 Å². The largest absolute Gasteiger partial charge is 0.506 e. The van der Waals surface area contributed by atoms with Crippen LogP contribution in [-0.4, -0.2) is 16.0 Å². The Bertz CT molecular complexity index is 689. The van der Waals surface area contributed by atoms with Crippen molar-refractivity contribution in [1.82, 2.24) is 4.98 Å². The number of amides is 1. The van der Waals surface area contributed by atoms with E-state index in [9.17, 15) is 23.1 Å². The van der Waals surface area contributed by atoms with Crippen LogP contribution in [0.2, 0.25) is 0 Å². The minimum Gasteiger partial charge on any atom is -0.506 e. The maximum absolute atomic E-state index is 12.9. The first-order valence-corrected chi connectivity index (χ1v) is 6.39. The number of benzene rings is 1. The fourth-order valence-electron chi connectivity index (χ4n) is 1.61. The first-order valence-electron chi connectivity index (χ1n) is 5.59. The minimum atomic E-state index is -4.61. The molecular weight excluding hydrogens is 353 g/mol. The molecule has 0 unspecified atom stereocenters. The zero-order valence-corrected chi connectivity index (χ0v) is 11.9. The molecule has 4 nitrogen and oxygen atoms in total. The second kappa shape index (κ2) is 5.72. The topological polar surface area (TPSA) is 62.2 Å². The van der Waals surface area contributed by atoms with Gasteiger partial charge in [-0.3, -0.25) is 9.78 Å². The molecule has 110 valence electrons. The Hall–Kier alpha value is -2.09. The van der Waals surface area contributed by atoms with Gasteiger partial charge in [0.05, 0.1) is 23.0 Å². The molecule has 2 rings (SSSR count). The summed E-state index contributed by atoms with van der Waals surface area (Å²) in [6, 6.07) is 4.50. The first kappa shape index (κ1) is 15.3. The standard InChI is InChI=1S/C13H8BrF3N2O2/c14-8-1-2-11(10(4-8)13(15,16)17)19-12(21)7-3-9(20)6-18-5-7/h1-6,20H,(H,19,21). The van der Waals surface area contributed by atoms with Crippen LogP contribution in [0, 0.1) is 0 Å². The summed E-state index contributed by atoms with van der Waals surface area (Å²) in [6.45, 7) is 0. The summed E-state index contributed by atoms with van der Waals surface area (Å²) in [6.07, 6.45) is -2.36. The highest BCUT2D eigenvalue weighted by molar-refractivity contribution is 9.10. The molecule has 1 amide bonds. The molecule has 0 bridgehead atoms. The van der Waals surface area contributed by atoms with E-state index in [0.717, 1.165) is 30.6 Å². The van der Waals surface area contributed by atoms with Crippen molar-refractivity contribution in [3.8, 4) is 5.75 Å². The summed E-state index contributed by atoms with van der Waals surface area (Å²) in [4.78, 5) is 15.5. The molecule has 0 saturated carbocycles. The van der Waals surface area contributed by atoms with Crippen molar-refractivity contribution >= 4 is 27.5 Å². The Morgan fingerprint density at radius 1 is 1.24 bits per heavy atom. The normalized spacial score (nSPS) is 11.2. The Morgan fingerprint density at radius 3 is 2.57 bits per heavy atom. The molecule has 2 aromatic rings. The van der Waals surface area contributed by atoms with Crippen molar-refractivity contribution in [3.63, 3.8) is 0 Å². The highest BCUT2D eigenvalue weighted by Crippen LogP contribution is 2.36. The van der Waals surface area contributed by atoms with Gasteiger partial charge < -0.3 is 10.4 Å². The van der Waals surface area contributed by atoms with Gasteiger partial charge in [-0.25, -0.2) is 0 Å². The number of pyridine rings is 1. The van der Waals surface area contributed by atoms with Crippen molar-refractivity contribution in [1.29, 1.82) is 0 Å². The number of anilines is 1. The van der Waals surface area contributed by atoms with Gasteiger partial charge in [-0.15, -0.1) is 0 Å². The van der Waals surface area contributed by atoms with Crippen molar-refractivity contribution < 1.29 is 23.1 Å². The molecule has 0 radical (unpaired) electrons. The van der Waals surface area contributed by atoms with Gasteiger partial charge >= 0.3 is 6.18 Å². The zero-order chi connectivity index (χ0) is 15.6. The van der Waals surface area contributed by atoms with Crippen LogP contribution in [0.15, 0.2) is 41.1 Å². The van der Waals surface area contributed by atoms with E-state index in [1.807, 2.05) is 0 Å². The Labute approximate surface area is 125 Å². The van der Waals surface area contributed by atoms with Crippen LogP contribution in [0.25, 0.3) is 0 Å². The second-order valence-electron chi connectivity index (χ2n) is 4.07. The third kappa shape index (κ3) is 3.72. The molecular formula is C13H8BrF3N2O2. The maximum Gasteiger partial charge on any atom is 0.418 e. The Morgan fingerprint density at radius 2 is 1.95 bits per heavy atom. The summed E-state index contributed by atoms with van der Waals surface area (Å²) >= 11 is 2.95. The average molecular weight is 361 g/mol. The number of carbonyl (C=O) groups is 1. The van der Waals surface area contributed by atoms with Gasteiger partial charge in [0, 0.05) is 10.7 Å². The van der Waals surface area contributed by atoms with Gasteiger partial charge in [0.1, 0.15) is 5.75 Å². The van der Waals surface area contributed by atoms with E-state index in [1.54, 1.807) is 0 Å². The summed E-state index contributed by atoms with van der Waals surface area (Å²) in [7, 11) is 0. The molecule has 0 aliphatic heterocycles. The van der Waals surface area contributed by atoms with Crippen LogP contribution in [0.5, 0.6) is 5.75 Å². The second-order valence-corrected chi connectivity index (χ2v) is 4.99. The summed E-state index contributed by atoms with van der Waals surface area (Å²) in [5.41, 5.74) is -1.40. The van der Waals surface area contributed by atoms with Crippen molar-refractivity contribution in [3.05, 3.63) is 52.3 Å². The van der Waals surface area contributed by atoms with E-state index >= 15 is 0 Å². The van der Waals surface area contributed by atoms with Gasteiger partial charge in [-0.2, -0.15) is 13.2 Å². The highest BCUT2D eigenvalue weighted by Gasteiger charge is 2.34. The lowest BCUT2D eigenvalue weighted by atomic mass is 10.1. The summed E-state index contributed by atoms with van der Waals surface area (Å²) < 4.78 is 39.0. The fraction of sp³-hybridized carbons (Fsp3) is 0.0769. The van der Waals surface area contributed by atoms with E-state index in [-0.39, 0.29) is 21.5 Å². The highest BCUT2D eigenvalue weighted by atomic mass is 79.9. The lowest BCUT2D eigenvalue weighted by molar-refractivity contribution is -0.136. The van der Waals surface area contributed by atoms with Gasteiger partial charge in [-0.1, -0.05) is 15.9 Å². The Kier molecular flexibility index (Phi) is 4.17. The monoisotopic (exact) mass is 360 g/mol. The van der Waals surface area contributed by atoms with E-state index in [0.29, 0.717) is 0 Å². The predicted molar refractivity (Wildman–Crippen MR) is 73.0 cm³/mol. The SMILES string of the molecule is O=C(Nc1ccc(Br)cc1C(F)(F)F)c1cncc(O)c1. The van der Waals surface area contributed by atoms with E-state index in [2.05, 4.69) is 26.2 Å². The molecule has 8 heteroatoms. The first-order chi connectivity index (χ1) is 9.77. The third-order valence-corrected chi connectivity index (χ3v) is 3.01. The molecule has 0 aliphatic rings. The number of carbonyl (C=O) groups excluding carboxylic acids is 1. The van der Waals surface area contributed by atoms with Gasteiger partial charge in [0.15, 0.2) is 0 Å². The number of halogens is 4. The van der Waals surface area contributed by atoms with E-state index in [4.69, 9.17) is 0 Å². The van der Waals surface area contributed by atoms with Crippen LogP contribution < -0.4 is 5.32 Å². The van der Waals surface area contributed by atoms with Crippen molar-refractivity contribution in [2.75, 3.05) is 5.32 Å². The molecule has 0 spiro atoms. The summed E-state index contributed by atoms with van der Waals surface area (Å²) in [5.74, 6) is -1.05. The molecule has 2 N–H and O–H groups in total. The van der Waals surface area contributed by atoms with Gasteiger partial charge in [0.25, 0.3) is 5.91 Å². The minimum absolute atomic E-state index is 0.0500. The van der Waals surface area contributed by atoms with Gasteiger partial charge in [0.2, 0.25) is 0 Å². The van der Waals surface area contributed by atoms with Crippen LogP contribution in [0.4, 0.5) is 18.9 Å². The number of hydrogen-bond acceptors (Lipinski definition) is 3. The number of nitrogens with one attached hydrogen (secondary N) is 1. The predicted octanol–water partition coefficient (Wildman–Crippen LogP) is 3.82. The van der Waals surface area contributed by atoms with E-state index in [1.165, 1.54) is 6.07 Å². The Balaban J connectivity index is 2.34. The van der Waals surface area contributed by atoms with Crippen LogP contribution in [0.1, 0.15) is 15.9 Å². The number of hydrogen-bond donors (Lipinski definition) is 2. The van der Waals surface area contributed by atoms with Crippen LogP contribution in [0.3, 0.4) is 0 Å². The van der Waals surface area contributed by atoms with Crippen LogP contribution >= 0.6 is 15.9 Å². The molecule has 0 saturated heterocycles. The number of rotatable bonds is 2. The van der Waals surface area contributed by atoms with E-state index < -0.39 is 17.6 Å². The number of aromatic nitrogens is 1. The van der Waals surface area contributed by atoms with Gasteiger partial charge in [-0.05, 0) is 24.3 Å². The third-order valence-electron chi connectivity index (χ3n) is 2.52. The van der Waals surface area contributed by atoms with Crippen LogP contribution in [-0.2, 0) is 6.18 Å². The average Bonchev–Trinajstić information content (AvgIpc) is 2.39. The molecule has 1 aromatic carbocycles. The molecule has 0 atom stereocenters. The lowest BCUT2D eigenvalue weighted by Gasteiger charge is -2.14. The number of aromatic hydroxyl groups is 1. The molecule has 1 aromatic heterocycles. The smallest absolute Gasteiger partial charge is 0.418 e. The lowest BCUT2D eigenvalue weighted by Crippen LogP contribution is -2.16. The maximum atomic E-state index is 12.9. The number of alkyl halides is 3. The molecule has 0 fully saturated rings. The molecule has 21 heavy (non-hydrogen) atoms. The molecule has 1 heterocycles. The zero-order valence-electron chi connectivity index (χ0n) is 10.3.